The van der Waals surface area contributed by atoms with Crippen molar-refractivity contribution in [1.82, 2.24) is 5.43 Å². The van der Waals surface area contributed by atoms with Crippen LogP contribution >= 0.6 is 15.9 Å². The second-order valence-corrected chi connectivity index (χ2v) is 6.90. The third kappa shape index (κ3) is 5.43. The molecule has 0 aliphatic carbocycles. The monoisotopic (exact) mass is 453 g/mol. The maximum absolute atomic E-state index is 12.2. The number of hydrogen-bond donors (Lipinski definition) is 4. The van der Waals surface area contributed by atoms with Crippen LogP contribution in [-0.4, -0.2) is 28.2 Å². The number of nitrogens with one attached hydrogen (secondary N) is 2. The van der Waals surface area contributed by atoms with E-state index in [9.17, 15) is 19.8 Å². The van der Waals surface area contributed by atoms with E-state index in [4.69, 9.17) is 0 Å². The molecule has 7 nitrogen and oxygen atoms in total. The fraction of sp³-hybridized carbons (Fsp3) is 0. The first-order valence-electron chi connectivity index (χ1n) is 8.45. The molecular formula is C21H16BrN3O4. The molecule has 29 heavy (non-hydrogen) atoms. The maximum Gasteiger partial charge on any atom is 0.271 e. The molecule has 0 saturated carbocycles. The lowest BCUT2D eigenvalue weighted by molar-refractivity contribution is 0.0954. The standard InChI is InChI=1S/C21H16BrN3O4/c22-16-6-1-13(2-7-16)20(28)24-17-8-3-14(4-9-17)21(29)25-23-12-15-5-10-18(26)11-19(15)27/h1-12,26-27H,(H,24,28)(H,25,29)/b23-12-. The highest BCUT2D eigenvalue weighted by Gasteiger charge is 2.08. The Kier molecular flexibility index (Phi) is 6.25. The molecular weight excluding hydrogens is 438 g/mol. The van der Waals surface area contributed by atoms with E-state index < -0.39 is 5.91 Å². The molecule has 0 spiro atoms. The minimum atomic E-state index is -0.453. The summed E-state index contributed by atoms with van der Waals surface area (Å²) in [5, 5.41) is 25.5. The fourth-order valence-electron chi connectivity index (χ4n) is 2.38. The number of phenols is 2. The van der Waals surface area contributed by atoms with Crippen LogP contribution in [0.25, 0.3) is 0 Å². The number of nitrogens with zero attached hydrogens (tertiary/aromatic N) is 1. The van der Waals surface area contributed by atoms with E-state index in [1.165, 1.54) is 24.4 Å². The van der Waals surface area contributed by atoms with Crippen LogP contribution in [0, 0.1) is 0 Å². The van der Waals surface area contributed by atoms with Gasteiger partial charge in [0.05, 0.1) is 6.21 Å². The van der Waals surface area contributed by atoms with Crippen LogP contribution < -0.4 is 10.7 Å². The third-order valence-corrected chi connectivity index (χ3v) is 4.42. The van der Waals surface area contributed by atoms with Crippen LogP contribution in [0.4, 0.5) is 5.69 Å². The van der Waals surface area contributed by atoms with Gasteiger partial charge in [-0.05, 0) is 60.7 Å². The van der Waals surface area contributed by atoms with Crippen molar-refractivity contribution in [3.8, 4) is 11.5 Å². The highest BCUT2D eigenvalue weighted by atomic mass is 79.9. The zero-order valence-corrected chi connectivity index (χ0v) is 16.6. The normalized spacial score (nSPS) is 10.7. The Hall–Kier alpha value is -3.65. The summed E-state index contributed by atoms with van der Waals surface area (Å²) in [6.45, 7) is 0. The minimum Gasteiger partial charge on any atom is -0.508 e. The number of hydrazone groups is 1. The number of carbonyl (C=O) groups is 2. The van der Waals surface area contributed by atoms with Crippen molar-refractivity contribution in [2.75, 3.05) is 5.32 Å². The van der Waals surface area contributed by atoms with E-state index in [0.29, 0.717) is 22.4 Å². The highest BCUT2D eigenvalue weighted by Crippen LogP contribution is 2.20. The Labute approximate surface area is 174 Å². The summed E-state index contributed by atoms with van der Waals surface area (Å²) in [5.74, 6) is -0.942. The summed E-state index contributed by atoms with van der Waals surface area (Å²) in [6, 6.07) is 17.3. The van der Waals surface area contributed by atoms with E-state index in [2.05, 4.69) is 31.8 Å². The molecule has 0 atom stereocenters. The molecule has 146 valence electrons. The number of aromatic hydroxyl groups is 2. The molecule has 3 rings (SSSR count). The molecule has 0 fully saturated rings. The lowest BCUT2D eigenvalue weighted by Gasteiger charge is -2.06. The Bertz CT molecular complexity index is 1060. The zero-order valence-electron chi connectivity index (χ0n) is 15.0. The van der Waals surface area contributed by atoms with Crippen molar-refractivity contribution < 1.29 is 19.8 Å². The molecule has 0 unspecified atom stereocenters. The largest absolute Gasteiger partial charge is 0.508 e. The predicted octanol–water partition coefficient (Wildman–Crippen LogP) is 3.88. The van der Waals surface area contributed by atoms with Gasteiger partial charge in [-0.1, -0.05) is 15.9 Å². The summed E-state index contributed by atoms with van der Waals surface area (Å²) in [6.07, 6.45) is 1.26. The number of phenolic OH excluding ortho intramolecular Hbond substituents is 2. The third-order valence-electron chi connectivity index (χ3n) is 3.90. The molecule has 0 bridgehead atoms. The van der Waals surface area contributed by atoms with Gasteiger partial charge in [0.1, 0.15) is 11.5 Å². The highest BCUT2D eigenvalue weighted by molar-refractivity contribution is 9.10. The van der Waals surface area contributed by atoms with Gasteiger partial charge in [0, 0.05) is 32.9 Å². The van der Waals surface area contributed by atoms with Crippen LogP contribution in [0.5, 0.6) is 11.5 Å². The summed E-state index contributed by atoms with van der Waals surface area (Å²) in [4.78, 5) is 24.3. The second kappa shape index (κ2) is 9.03. The van der Waals surface area contributed by atoms with Crippen LogP contribution in [0.3, 0.4) is 0 Å². The van der Waals surface area contributed by atoms with E-state index in [0.717, 1.165) is 4.47 Å². The first-order valence-corrected chi connectivity index (χ1v) is 9.24. The van der Waals surface area contributed by atoms with Gasteiger partial charge in [0.25, 0.3) is 11.8 Å². The number of rotatable bonds is 5. The van der Waals surface area contributed by atoms with E-state index in [1.807, 2.05) is 0 Å². The van der Waals surface area contributed by atoms with Crippen LogP contribution in [0.15, 0.2) is 76.3 Å². The van der Waals surface area contributed by atoms with Crippen LogP contribution in [-0.2, 0) is 0 Å². The average Bonchev–Trinajstić information content (AvgIpc) is 2.70. The zero-order chi connectivity index (χ0) is 20.8. The Morgan fingerprint density at radius 3 is 2.14 bits per heavy atom. The van der Waals surface area contributed by atoms with Gasteiger partial charge in [0.2, 0.25) is 0 Å². The van der Waals surface area contributed by atoms with Crippen molar-refractivity contribution in [3.63, 3.8) is 0 Å². The fourth-order valence-corrected chi connectivity index (χ4v) is 2.64. The molecule has 4 N–H and O–H groups in total. The predicted molar refractivity (Wildman–Crippen MR) is 113 cm³/mol. The molecule has 3 aromatic rings. The number of anilines is 1. The van der Waals surface area contributed by atoms with Gasteiger partial charge >= 0.3 is 0 Å². The molecule has 0 radical (unpaired) electrons. The van der Waals surface area contributed by atoms with E-state index in [-0.39, 0.29) is 17.4 Å². The number of amides is 2. The quantitative estimate of drug-likeness (QED) is 0.347. The summed E-state index contributed by atoms with van der Waals surface area (Å²) in [7, 11) is 0. The van der Waals surface area contributed by atoms with Crippen LogP contribution in [0.1, 0.15) is 26.3 Å². The second-order valence-electron chi connectivity index (χ2n) is 5.98. The summed E-state index contributed by atoms with van der Waals surface area (Å²) in [5.41, 5.74) is 4.10. The molecule has 0 aliphatic rings. The number of hydrogen-bond acceptors (Lipinski definition) is 5. The molecule has 0 heterocycles. The molecule has 3 aromatic carbocycles. The molecule has 0 aromatic heterocycles. The molecule has 0 saturated heterocycles. The Morgan fingerprint density at radius 2 is 1.48 bits per heavy atom. The topological polar surface area (TPSA) is 111 Å². The average molecular weight is 454 g/mol. The van der Waals surface area contributed by atoms with Gasteiger partial charge in [-0.25, -0.2) is 5.43 Å². The van der Waals surface area contributed by atoms with Crippen molar-refractivity contribution in [3.05, 3.63) is 87.9 Å². The van der Waals surface area contributed by atoms with Gasteiger partial charge in [-0.15, -0.1) is 0 Å². The van der Waals surface area contributed by atoms with Crippen molar-refractivity contribution in [2.45, 2.75) is 0 Å². The van der Waals surface area contributed by atoms with Gasteiger partial charge in [-0.3, -0.25) is 9.59 Å². The SMILES string of the molecule is O=C(N/N=C\c1ccc(O)cc1O)c1ccc(NC(=O)c2ccc(Br)cc2)cc1. The first-order chi connectivity index (χ1) is 13.9. The van der Waals surface area contributed by atoms with Crippen molar-refractivity contribution >= 4 is 39.6 Å². The first kappa shape index (κ1) is 20.1. The molecule has 2 amide bonds. The summed E-state index contributed by atoms with van der Waals surface area (Å²) >= 11 is 3.32. The Balaban J connectivity index is 1.59. The lowest BCUT2D eigenvalue weighted by Crippen LogP contribution is -2.17. The summed E-state index contributed by atoms with van der Waals surface area (Å²) < 4.78 is 0.882. The van der Waals surface area contributed by atoms with Gasteiger partial charge in [-0.2, -0.15) is 5.10 Å². The number of carbonyl (C=O) groups excluding carboxylic acids is 2. The van der Waals surface area contributed by atoms with Crippen LogP contribution in [0.2, 0.25) is 0 Å². The number of benzene rings is 3. The van der Waals surface area contributed by atoms with Crippen molar-refractivity contribution in [1.29, 1.82) is 0 Å². The number of halogens is 1. The molecule has 8 heteroatoms. The maximum atomic E-state index is 12.2. The smallest absolute Gasteiger partial charge is 0.271 e. The minimum absolute atomic E-state index is 0.0731. The van der Waals surface area contributed by atoms with E-state index in [1.54, 1.807) is 48.5 Å². The van der Waals surface area contributed by atoms with E-state index >= 15 is 0 Å². The molecule has 0 aliphatic heterocycles. The Morgan fingerprint density at radius 1 is 0.862 bits per heavy atom. The van der Waals surface area contributed by atoms with Gasteiger partial charge in [0.15, 0.2) is 0 Å². The van der Waals surface area contributed by atoms with Crippen molar-refractivity contribution in [2.24, 2.45) is 5.10 Å². The lowest BCUT2D eigenvalue weighted by atomic mass is 10.1. The van der Waals surface area contributed by atoms with Gasteiger partial charge < -0.3 is 15.5 Å².